The molecular weight excluding hydrogens is 671 g/mol. The molecule has 0 bridgehead atoms. The van der Waals surface area contributed by atoms with Gasteiger partial charge in [-0.1, -0.05) is 164 Å². The van der Waals surface area contributed by atoms with E-state index in [4.69, 9.17) is 19.4 Å². The fraction of sp³-hybridized carbons (Fsp3) is 0. The lowest BCUT2D eigenvalue weighted by molar-refractivity contribution is 0.669. The van der Waals surface area contributed by atoms with Crippen molar-refractivity contribution in [2.24, 2.45) is 0 Å². The van der Waals surface area contributed by atoms with Gasteiger partial charge in [0.2, 0.25) is 0 Å². The molecule has 0 fully saturated rings. The van der Waals surface area contributed by atoms with Gasteiger partial charge in [0.25, 0.3) is 0 Å². The minimum Gasteiger partial charge on any atom is -0.456 e. The summed E-state index contributed by atoms with van der Waals surface area (Å²) >= 11 is 0. The number of rotatable bonds is 5. The normalized spacial score (nSPS) is 11.6. The van der Waals surface area contributed by atoms with Crippen molar-refractivity contribution in [3.63, 3.8) is 0 Å². The predicted octanol–water partition coefficient (Wildman–Crippen LogP) is 13.6. The fourth-order valence-electron chi connectivity index (χ4n) is 8.16. The first-order valence-electron chi connectivity index (χ1n) is 18.5. The molecular formula is C51H31N3O. The molecule has 4 nitrogen and oxygen atoms in total. The van der Waals surface area contributed by atoms with Crippen LogP contribution in [0.1, 0.15) is 0 Å². The lowest BCUT2D eigenvalue weighted by Gasteiger charge is -2.12. The molecule has 0 spiro atoms. The minimum absolute atomic E-state index is 0.595. The molecule has 9 aromatic carbocycles. The highest BCUT2D eigenvalue weighted by atomic mass is 16.3. The van der Waals surface area contributed by atoms with Crippen LogP contribution in [0.3, 0.4) is 0 Å². The van der Waals surface area contributed by atoms with Crippen LogP contribution in [0.4, 0.5) is 0 Å². The first kappa shape index (κ1) is 31.1. The largest absolute Gasteiger partial charge is 0.456 e. The second kappa shape index (κ2) is 12.6. The first-order chi connectivity index (χ1) is 27.3. The van der Waals surface area contributed by atoms with Gasteiger partial charge in [0.05, 0.1) is 0 Å². The summed E-state index contributed by atoms with van der Waals surface area (Å²) in [4.78, 5) is 15.4. The molecule has 0 saturated carbocycles. The maximum absolute atomic E-state index is 6.63. The van der Waals surface area contributed by atoms with E-state index < -0.39 is 0 Å². The maximum Gasteiger partial charge on any atom is 0.164 e. The summed E-state index contributed by atoms with van der Waals surface area (Å²) in [6.07, 6.45) is 0. The van der Waals surface area contributed by atoms with Crippen LogP contribution in [0.15, 0.2) is 192 Å². The molecule has 55 heavy (non-hydrogen) atoms. The summed E-state index contributed by atoms with van der Waals surface area (Å²) in [5.41, 5.74) is 8.77. The van der Waals surface area contributed by atoms with Gasteiger partial charge in [0.15, 0.2) is 17.5 Å². The SMILES string of the molecule is c1ccc(-c2nc(-c3ccccc3-c3ccccc3)nc(-c3cccc4oc5cc(-c6ccc7c8ccccc8c8ccccc8c7c6)ccc5c34)n2)cc1. The van der Waals surface area contributed by atoms with Gasteiger partial charge in [-0.3, -0.25) is 0 Å². The van der Waals surface area contributed by atoms with E-state index in [1.54, 1.807) is 0 Å². The summed E-state index contributed by atoms with van der Waals surface area (Å²) < 4.78 is 6.63. The van der Waals surface area contributed by atoms with Crippen LogP contribution in [0, 0.1) is 0 Å². The minimum atomic E-state index is 0.595. The van der Waals surface area contributed by atoms with E-state index >= 15 is 0 Å². The van der Waals surface area contributed by atoms with Crippen molar-refractivity contribution in [3.05, 3.63) is 188 Å². The smallest absolute Gasteiger partial charge is 0.164 e. The van der Waals surface area contributed by atoms with Gasteiger partial charge < -0.3 is 4.42 Å². The molecule has 11 rings (SSSR count). The Morgan fingerprint density at radius 2 is 0.764 bits per heavy atom. The second-order valence-corrected chi connectivity index (χ2v) is 13.9. The molecule has 4 heteroatoms. The number of hydrogen-bond acceptors (Lipinski definition) is 4. The second-order valence-electron chi connectivity index (χ2n) is 13.9. The van der Waals surface area contributed by atoms with Crippen molar-refractivity contribution < 1.29 is 4.42 Å². The van der Waals surface area contributed by atoms with Gasteiger partial charge in [-0.25, -0.2) is 15.0 Å². The molecule has 2 aromatic heterocycles. The third-order valence-corrected chi connectivity index (χ3v) is 10.7. The Hall–Kier alpha value is -7.43. The molecule has 0 unspecified atom stereocenters. The lowest BCUT2D eigenvalue weighted by atomic mass is 9.92. The summed E-state index contributed by atoms with van der Waals surface area (Å²) in [5, 5.41) is 9.56. The number of benzene rings is 9. The number of aromatic nitrogens is 3. The van der Waals surface area contributed by atoms with E-state index in [9.17, 15) is 0 Å². The maximum atomic E-state index is 6.63. The number of furan rings is 1. The topological polar surface area (TPSA) is 51.8 Å². The zero-order valence-corrected chi connectivity index (χ0v) is 29.6. The van der Waals surface area contributed by atoms with E-state index in [1.807, 2.05) is 54.6 Å². The molecule has 2 heterocycles. The van der Waals surface area contributed by atoms with Crippen molar-refractivity contribution in [2.75, 3.05) is 0 Å². The quantitative estimate of drug-likeness (QED) is 0.168. The van der Waals surface area contributed by atoms with Crippen LogP contribution in [0.25, 0.3) is 111 Å². The van der Waals surface area contributed by atoms with Gasteiger partial charge in [-0.05, 0) is 78.8 Å². The van der Waals surface area contributed by atoms with Crippen LogP contribution in [0.5, 0.6) is 0 Å². The van der Waals surface area contributed by atoms with E-state index in [1.165, 1.54) is 32.3 Å². The average Bonchev–Trinajstić information content (AvgIpc) is 3.65. The molecule has 0 aliphatic heterocycles. The molecule has 0 atom stereocenters. The number of nitrogens with zero attached hydrogens (tertiary/aromatic N) is 3. The Bertz CT molecular complexity index is 3220. The highest BCUT2D eigenvalue weighted by Crippen LogP contribution is 2.41. The van der Waals surface area contributed by atoms with Crippen LogP contribution in [0.2, 0.25) is 0 Å². The van der Waals surface area contributed by atoms with Gasteiger partial charge in [0, 0.05) is 27.5 Å². The highest BCUT2D eigenvalue weighted by molar-refractivity contribution is 6.25. The molecule has 0 N–H and O–H groups in total. The van der Waals surface area contributed by atoms with E-state index in [2.05, 4.69) is 133 Å². The van der Waals surface area contributed by atoms with E-state index in [-0.39, 0.29) is 0 Å². The Morgan fingerprint density at radius 3 is 1.45 bits per heavy atom. The Balaban J connectivity index is 1.08. The molecule has 0 amide bonds. The summed E-state index contributed by atoms with van der Waals surface area (Å²) in [5.74, 6) is 1.83. The summed E-state index contributed by atoms with van der Waals surface area (Å²) in [7, 11) is 0. The first-order valence-corrected chi connectivity index (χ1v) is 18.5. The molecule has 0 radical (unpaired) electrons. The summed E-state index contributed by atoms with van der Waals surface area (Å²) in [6.45, 7) is 0. The third kappa shape index (κ3) is 5.19. The number of fused-ring (bicyclic) bond motifs is 9. The van der Waals surface area contributed by atoms with Crippen LogP contribution in [-0.4, -0.2) is 15.0 Å². The summed E-state index contributed by atoms with van der Waals surface area (Å²) in [6, 6.07) is 65.7. The zero-order chi connectivity index (χ0) is 36.3. The van der Waals surface area contributed by atoms with Crippen molar-refractivity contribution in [3.8, 4) is 56.4 Å². The van der Waals surface area contributed by atoms with Crippen molar-refractivity contribution in [1.82, 2.24) is 15.0 Å². The van der Waals surface area contributed by atoms with Crippen LogP contribution >= 0.6 is 0 Å². The molecule has 11 aromatic rings. The standard InChI is InChI=1S/C51H31N3O/c1-3-14-32(15-4-1)36-18-7-12-23-42(36)50-52-49(33-16-5-2-6-17-33)53-51(54-50)44-24-13-25-46-48(44)43-29-27-35(31-47(43)55-46)34-26-28-41-39-21-9-8-19-37(39)38-20-10-11-22-40(38)45(41)30-34/h1-31H. The van der Waals surface area contributed by atoms with Crippen molar-refractivity contribution >= 4 is 54.3 Å². The van der Waals surface area contributed by atoms with Gasteiger partial charge in [0.1, 0.15) is 11.2 Å². The molecule has 0 aliphatic rings. The molecule has 0 saturated heterocycles. The predicted molar refractivity (Wildman–Crippen MR) is 227 cm³/mol. The monoisotopic (exact) mass is 701 g/mol. The molecule has 256 valence electrons. The zero-order valence-electron chi connectivity index (χ0n) is 29.6. The average molecular weight is 702 g/mol. The van der Waals surface area contributed by atoms with Crippen LogP contribution in [-0.2, 0) is 0 Å². The fourth-order valence-corrected chi connectivity index (χ4v) is 8.16. The van der Waals surface area contributed by atoms with Crippen LogP contribution < -0.4 is 0 Å². The number of hydrogen-bond donors (Lipinski definition) is 0. The Labute approximate surface area is 317 Å². The Morgan fingerprint density at radius 1 is 0.273 bits per heavy atom. The van der Waals surface area contributed by atoms with Gasteiger partial charge in [-0.15, -0.1) is 0 Å². The third-order valence-electron chi connectivity index (χ3n) is 10.7. The van der Waals surface area contributed by atoms with E-state index in [0.717, 1.165) is 60.9 Å². The van der Waals surface area contributed by atoms with Crippen molar-refractivity contribution in [1.29, 1.82) is 0 Å². The Kier molecular flexibility index (Phi) is 7.14. The van der Waals surface area contributed by atoms with Gasteiger partial charge >= 0.3 is 0 Å². The van der Waals surface area contributed by atoms with Gasteiger partial charge in [-0.2, -0.15) is 0 Å². The van der Waals surface area contributed by atoms with E-state index in [0.29, 0.717) is 17.5 Å². The lowest BCUT2D eigenvalue weighted by Crippen LogP contribution is -2.01. The highest BCUT2D eigenvalue weighted by Gasteiger charge is 2.20. The van der Waals surface area contributed by atoms with Crippen molar-refractivity contribution in [2.45, 2.75) is 0 Å². The molecule has 0 aliphatic carbocycles.